The lowest BCUT2D eigenvalue weighted by Crippen LogP contribution is -2.53. The van der Waals surface area contributed by atoms with E-state index in [9.17, 15) is 4.79 Å². The van der Waals surface area contributed by atoms with E-state index in [2.05, 4.69) is 32.6 Å². The first-order chi connectivity index (χ1) is 20.5. The molecule has 0 aromatic heterocycles. The number of carbonyl (C=O) groups excluding carboxylic acids is 1. The van der Waals surface area contributed by atoms with Crippen molar-refractivity contribution in [2.24, 2.45) is 17.3 Å². The van der Waals surface area contributed by atoms with Gasteiger partial charge in [-0.05, 0) is 101 Å². The van der Waals surface area contributed by atoms with Crippen LogP contribution in [0.1, 0.15) is 121 Å². The fraction of sp³-hybridized carbons (Fsp3) is 0.727. The van der Waals surface area contributed by atoms with Crippen LogP contribution in [-0.4, -0.2) is 41.6 Å². The summed E-state index contributed by atoms with van der Waals surface area (Å²) in [6, 6.07) is 1.45. The summed E-state index contributed by atoms with van der Waals surface area (Å²) in [5, 5.41) is 5.54. The lowest BCUT2D eigenvalue weighted by atomic mass is 9.56. The van der Waals surface area contributed by atoms with Crippen molar-refractivity contribution in [1.82, 2.24) is 4.90 Å². The molecule has 1 aliphatic rings. The number of esters is 1. The SMILES string of the molecule is [2H]OC(C(=O)OC(C)C#CC([2H])(C)N(C([2H])([2H])C([2H])([2H])[2H])C(C)(C)C([2H])([2H])C)(c1cc(C)c(C)c(C)c1)C1CCCC(C)C1(C)C. The highest BCUT2D eigenvalue weighted by Crippen LogP contribution is 2.53. The van der Waals surface area contributed by atoms with Gasteiger partial charge in [0.1, 0.15) is 0 Å². The first-order valence-corrected chi connectivity index (χ1v) is 13.3. The molecule has 0 aliphatic heterocycles. The number of rotatable bonds is 9. The van der Waals surface area contributed by atoms with E-state index in [1.807, 2.05) is 32.9 Å². The van der Waals surface area contributed by atoms with E-state index in [0.717, 1.165) is 29.5 Å². The van der Waals surface area contributed by atoms with Gasteiger partial charge < -0.3 is 9.85 Å². The molecule has 0 amide bonds. The molecule has 208 valence electrons. The summed E-state index contributed by atoms with van der Waals surface area (Å²) in [6.07, 6.45) is -0.894. The molecule has 5 atom stereocenters. The number of ether oxygens (including phenoxy) is 1. The van der Waals surface area contributed by atoms with E-state index in [1.54, 1.807) is 0 Å². The van der Waals surface area contributed by atoms with Crippen LogP contribution in [0, 0.1) is 49.9 Å². The van der Waals surface area contributed by atoms with Crippen LogP contribution in [0.5, 0.6) is 0 Å². The van der Waals surface area contributed by atoms with Gasteiger partial charge in [0, 0.05) is 21.1 Å². The number of aryl methyl sites for hydroxylation is 2. The van der Waals surface area contributed by atoms with Crippen LogP contribution >= 0.6 is 0 Å². The first kappa shape index (κ1) is 20.1. The van der Waals surface area contributed by atoms with Crippen molar-refractivity contribution in [3.8, 4) is 11.8 Å². The molecule has 0 radical (unpaired) electrons. The summed E-state index contributed by atoms with van der Waals surface area (Å²) in [5.41, 5.74) is -0.583. The summed E-state index contributed by atoms with van der Waals surface area (Å²) in [5.74, 6) is 4.25. The smallest absolute Gasteiger partial charge is 0.344 e. The lowest BCUT2D eigenvalue weighted by molar-refractivity contribution is -0.188. The molecule has 0 saturated heterocycles. The van der Waals surface area contributed by atoms with E-state index in [0.29, 0.717) is 16.9 Å². The molecule has 1 N–H and O–H groups in total. The summed E-state index contributed by atoms with van der Waals surface area (Å²) in [6.45, 7) is 12.3. The average Bonchev–Trinajstić information content (AvgIpc) is 2.87. The maximum atomic E-state index is 14.4. The predicted molar refractivity (Wildman–Crippen MR) is 154 cm³/mol. The van der Waals surface area contributed by atoms with Gasteiger partial charge in [0.05, 0.1) is 7.39 Å². The van der Waals surface area contributed by atoms with Crippen LogP contribution in [0.3, 0.4) is 0 Å². The maximum Gasteiger partial charge on any atom is 0.344 e. The zero-order valence-electron chi connectivity index (χ0n) is 33.7. The Labute approximate surface area is 240 Å². The van der Waals surface area contributed by atoms with Crippen LogP contribution in [0.2, 0.25) is 0 Å². The molecule has 0 spiro atoms. The highest BCUT2D eigenvalue weighted by Gasteiger charge is 2.55. The van der Waals surface area contributed by atoms with E-state index in [1.165, 1.54) is 34.6 Å². The normalized spacial score (nSPS) is 28.5. The molecular formula is C33H53NO3. The second-order valence-corrected chi connectivity index (χ2v) is 11.8. The molecular weight excluding hydrogens is 458 g/mol. The molecule has 4 heteroatoms. The molecule has 1 aromatic rings. The molecule has 1 aliphatic carbocycles. The number of nitrogens with zero attached hydrogens (tertiary/aromatic N) is 1. The molecule has 1 saturated carbocycles. The van der Waals surface area contributed by atoms with Crippen molar-refractivity contribution in [3.05, 3.63) is 34.4 Å². The zero-order chi connectivity index (χ0) is 36.1. The average molecular weight is 521 g/mol. The van der Waals surface area contributed by atoms with E-state index >= 15 is 0 Å². The summed E-state index contributed by atoms with van der Waals surface area (Å²) < 4.78 is 80.6. The molecule has 5 unspecified atom stereocenters. The monoisotopic (exact) mass is 520 g/mol. The minimum absolute atomic E-state index is 0.227. The second-order valence-electron chi connectivity index (χ2n) is 11.8. The highest BCUT2D eigenvalue weighted by molar-refractivity contribution is 5.82. The highest BCUT2D eigenvalue weighted by atomic mass is 16.6. The Hall–Kier alpha value is -1.83. The van der Waals surface area contributed by atoms with Crippen LogP contribution in [0.25, 0.3) is 0 Å². The Morgan fingerprint density at radius 3 is 2.46 bits per heavy atom. The van der Waals surface area contributed by atoms with Crippen LogP contribution in [0.15, 0.2) is 12.1 Å². The minimum atomic E-state index is -3.24. The number of carbonyl (C=O) groups is 1. The van der Waals surface area contributed by atoms with Crippen LogP contribution in [0.4, 0.5) is 0 Å². The van der Waals surface area contributed by atoms with Gasteiger partial charge in [-0.15, -0.1) is 0 Å². The maximum absolute atomic E-state index is 14.4. The predicted octanol–water partition coefficient (Wildman–Crippen LogP) is 7.10. The van der Waals surface area contributed by atoms with Gasteiger partial charge in [-0.25, -0.2) is 4.79 Å². The van der Waals surface area contributed by atoms with Crippen molar-refractivity contribution in [3.63, 3.8) is 0 Å². The second kappa shape index (κ2) is 11.9. The standard InChI is InChI=1S/C33H53NO3/c1-13-31(9,10)34(14-2)25(6)18-19-26(7)37-30(35)33(36,28-20-22(3)27(8)23(4)21-28)29-17-15-16-24(5)32(29,11)12/h20-21,24-26,29,36H,13-17H2,1-12H3/i2D3,13D2,14D2,25D,36D. The van der Waals surface area contributed by atoms with Gasteiger partial charge in [-0.2, -0.15) is 0 Å². The quantitative estimate of drug-likeness (QED) is 0.279. The topological polar surface area (TPSA) is 49.8 Å². The number of aliphatic hydroxyl groups is 1. The third kappa shape index (κ3) is 6.43. The summed E-state index contributed by atoms with van der Waals surface area (Å²) in [7, 11) is 0. The Morgan fingerprint density at radius 2 is 1.92 bits per heavy atom. The van der Waals surface area contributed by atoms with E-state index in [4.69, 9.17) is 22.2 Å². The first-order valence-electron chi connectivity index (χ1n) is 17.7. The van der Waals surface area contributed by atoms with Gasteiger partial charge in [0.15, 0.2) is 11.7 Å². The third-order valence-electron chi connectivity index (χ3n) is 8.81. The minimum Gasteiger partial charge on any atom is -0.447 e. The number of hydrogen-bond acceptors (Lipinski definition) is 4. The van der Waals surface area contributed by atoms with Crippen molar-refractivity contribution in [2.75, 3.05) is 6.50 Å². The molecule has 0 bridgehead atoms. The molecule has 1 fully saturated rings. The largest absolute Gasteiger partial charge is 0.447 e. The molecule has 1 aromatic carbocycles. The fourth-order valence-corrected chi connectivity index (χ4v) is 5.45. The van der Waals surface area contributed by atoms with Crippen LogP contribution in [-0.2, 0) is 15.1 Å². The molecule has 0 heterocycles. The number of hydrogen-bond donors (Lipinski definition) is 1. The fourth-order valence-electron chi connectivity index (χ4n) is 5.45. The Morgan fingerprint density at radius 1 is 1.30 bits per heavy atom. The number of benzene rings is 1. The van der Waals surface area contributed by atoms with Gasteiger partial charge >= 0.3 is 5.97 Å². The summed E-state index contributed by atoms with van der Waals surface area (Å²) >= 11 is 0. The third-order valence-corrected chi connectivity index (χ3v) is 8.81. The molecule has 2 rings (SSSR count). The van der Waals surface area contributed by atoms with Crippen LogP contribution < -0.4 is 0 Å². The molecule has 4 nitrogen and oxygen atoms in total. The van der Waals surface area contributed by atoms with Crippen molar-refractivity contribution >= 4 is 5.97 Å². The Bertz CT molecular complexity index is 1290. The van der Waals surface area contributed by atoms with Crippen molar-refractivity contribution < 1.29 is 25.6 Å². The van der Waals surface area contributed by atoms with Gasteiger partial charge in [-0.3, -0.25) is 4.90 Å². The van der Waals surface area contributed by atoms with Crippen molar-refractivity contribution in [2.45, 2.75) is 132 Å². The summed E-state index contributed by atoms with van der Waals surface area (Å²) in [4.78, 5) is 15.0. The van der Waals surface area contributed by atoms with E-state index in [-0.39, 0.29) is 5.92 Å². The zero-order valence-corrected chi connectivity index (χ0v) is 24.7. The Kier molecular flexibility index (Phi) is 6.48. The Balaban J connectivity index is 2.68. The van der Waals surface area contributed by atoms with Gasteiger partial charge in [-0.1, -0.05) is 71.4 Å². The van der Waals surface area contributed by atoms with Gasteiger partial charge in [0.2, 0.25) is 1.43 Å². The van der Waals surface area contributed by atoms with Crippen molar-refractivity contribution in [1.29, 1.82) is 1.43 Å². The van der Waals surface area contributed by atoms with Gasteiger partial charge in [0.25, 0.3) is 0 Å². The lowest BCUT2D eigenvalue weighted by Gasteiger charge is -2.50. The van der Waals surface area contributed by atoms with E-state index < -0.39 is 60.3 Å². The molecule has 37 heavy (non-hydrogen) atoms.